The molecular weight excluding hydrogens is 168 g/mol. The highest BCUT2D eigenvalue weighted by atomic mass is 16.5. The van der Waals surface area contributed by atoms with Gasteiger partial charge in [-0.15, -0.1) is 0 Å². The third kappa shape index (κ3) is 2.20. The predicted octanol–water partition coefficient (Wildman–Crippen LogP) is 1.46. The van der Waals surface area contributed by atoms with E-state index < -0.39 is 6.10 Å². The van der Waals surface area contributed by atoms with Gasteiger partial charge in [0.15, 0.2) is 0 Å². The molecule has 3 heteroatoms. The normalized spacial score (nSPS) is 15.3. The standard InChI is InChI=1S/C10H14O3/c1-7(13-2)10(12)8-5-3-4-6-9(8)11/h3-7,10-12H,1-2H3. The SMILES string of the molecule is COC(C)C(O)c1ccccc1O. The van der Waals surface area contributed by atoms with E-state index in [1.54, 1.807) is 31.2 Å². The first-order chi connectivity index (χ1) is 6.16. The minimum absolute atomic E-state index is 0.0962. The fourth-order valence-corrected chi connectivity index (χ4v) is 1.12. The van der Waals surface area contributed by atoms with E-state index in [0.717, 1.165) is 0 Å². The van der Waals surface area contributed by atoms with Gasteiger partial charge >= 0.3 is 0 Å². The number of phenols is 1. The van der Waals surface area contributed by atoms with Crippen LogP contribution in [0, 0.1) is 0 Å². The summed E-state index contributed by atoms with van der Waals surface area (Å²) in [7, 11) is 1.52. The Morgan fingerprint density at radius 2 is 1.92 bits per heavy atom. The van der Waals surface area contributed by atoms with Crippen LogP contribution in [0.15, 0.2) is 24.3 Å². The Morgan fingerprint density at radius 3 is 2.46 bits per heavy atom. The maximum atomic E-state index is 9.68. The van der Waals surface area contributed by atoms with Gasteiger partial charge in [0.2, 0.25) is 0 Å². The van der Waals surface area contributed by atoms with Crippen molar-refractivity contribution in [2.75, 3.05) is 7.11 Å². The van der Waals surface area contributed by atoms with Gasteiger partial charge in [0.1, 0.15) is 11.9 Å². The van der Waals surface area contributed by atoms with E-state index >= 15 is 0 Å². The van der Waals surface area contributed by atoms with Gasteiger partial charge in [0.05, 0.1) is 6.10 Å². The summed E-state index contributed by atoms with van der Waals surface area (Å²) in [6.07, 6.45) is -1.11. The fourth-order valence-electron chi connectivity index (χ4n) is 1.12. The van der Waals surface area contributed by atoms with Crippen LogP contribution in [0.1, 0.15) is 18.6 Å². The summed E-state index contributed by atoms with van der Waals surface area (Å²) in [5, 5.41) is 19.1. The summed E-state index contributed by atoms with van der Waals surface area (Å²) in [4.78, 5) is 0. The maximum absolute atomic E-state index is 9.68. The van der Waals surface area contributed by atoms with Gasteiger partial charge in [-0.3, -0.25) is 0 Å². The third-order valence-corrected chi connectivity index (χ3v) is 2.07. The van der Waals surface area contributed by atoms with Crippen molar-refractivity contribution in [1.82, 2.24) is 0 Å². The number of rotatable bonds is 3. The summed E-state index contributed by atoms with van der Waals surface area (Å²) >= 11 is 0. The highest BCUT2D eigenvalue weighted by molar-refractivity contribution is 5.34. The largest absolute Gasteiger partial charge is 0.508 e. The average Bonchev–Trinajstić information content (AvgIpc) is 2.16. The molecule has 0 amide bonds. The Balaban J connectivity index is 2.88. The molecule has 0 aromatic heterocycles. The van der Waals surface area contributed by atoms with Crippen LogP contribution in [0.5, 0.6) is 5.75 Å². The zero-order chi connectivity index (χ0) is 9.84. The monoisotopic (exact) mass is 182 g/mol. The molecule has 0 aliphatic carbocycles. The highest BCUT2D eigenvalue weighted by Crippen LogP contribution is 2.26. The Labute approximate surface area is 77.6 Å². The quantitative estimate of drug-likeness (QED) is 0.744. The zero-order valence-electron chi connectivity index (χ0n) is 7.77. The van der Waals surface area contributed by atoms with Crippen molar-refractivity contribution >= 4 is 0 Å². The van der Waals surface area contributed by atoms with Crippen molar-refractivity contribution in [3.05, 3.63) is 29.8 Å². The number of phenolic OH excluding ortho intramolecular Hbond substituents is 1. The molecule has 1 rings (SSSR count). The summed E-state index contributed by atoms with van der Waals surface area (Å²) in [5.74, 6) is 0.0962. The van der Waals surface area contributed by atoms with Crippen LogP contribution in [-0.4, -0.2) is 23.4 Å². The molecular formula is C10H14O3. The number of aliphatic hydroxyl groups is 1. The van der Waals surface area contributed by atoms with Crippen molar-refractivity contribution in [3.8, 4) is 5.75 Å². The fraction of sp³-hybridized carbons (Fsp3) is 0.400. The molecule has 0 radical (unpaired) electrons. The molecule has 0 saturated heterocycles. The van der Waals surface area contributed by atoms with Crippen LogP contribution in [0.4, 0.5) is 0 Å². The lowest BCUT2D eigenvalue weighted by Gasteiger charge is -2.18. The smallest absolute Gasteiger partial charge is 0.121 e. The number of hydrogen-bond donors (Lipinski definition) is 2. The number of ether oxygens (including phenoxy) is 1. The Kier molecular flexibility index (Phi) is 3.28. The second-order valence-corrected chi connectivity index (χ2v) is 2.94. The van der Waals surface area contributed by atoms with Crippen LogP contribution < -0.4 is 0 Å². The number of methoxy groups -OCH3 is 1. The minimum Gasteiger partial charge on any atom is -0.508 e. The number of aliphatic hydroxyl groups excluding tert-OH is 1. The number of benzene rings is 1. The van der Waals surface area contributed by atoms with E-state index in [9.17, 15) is 10.2 Å². The van der Waals surface area contributed by atoms with E-state index in [1.165, 1.54) is 7.11 Å². The summed E-state index contributed by atoms with van der Waals surface area (Å²) in [6, 6.07) is 6.69. The van der Waals surface area contributed by atoms with Gasteiger partial charge in [0.25, 0.3) is 0 Å². The number of para-hydroxylation sites is 1. The van der Waals surface area contributed by atoms with Gasteiger partial charge in [0, 0.05) is 12.7 Å². The molecule has 2 atom stereocenters. The summed E-state index contributed by atoms with van der Waals surface area (Å²) in [5.41, 5.74) is 0.497. The first kappa shape index (κ1) is 10.0. The van der Waals surface area contributed by atoms with Gasteiger partial charge in [-0.2, -0.15) is 0 Å². The summed E-state index contributed by atoms with van der Waals surface area (Å²) in [6.45, 7) is 1.75. The molecule has 0 heterocycles. The molecule has 3 nitrogen and oxygen atoms in total. The number of aromatic hydroxyl groups is 1. The molecule has 0 aliphatic rings. The lowest BCUT2D eigenvalue weighted by Crippen LogP contribution is -2.16. The van der Waals surface area contributed by atoms with Crippen molar-refractivity contribution in [2.45, 2.75) is 19.1 Å². The molecule has 2 unspecified atom stereocenters. The molecule has 1 aromatic carbocycles. The van der Waals surface area contributed by atoms with E-state index in [4.69, 9.17) is 4.74 Å². The van der Waals surface area contributed by atoms with Crippen LogP contribution in [-0.2, 0) is 4.74 Å². The van der Waals surface area contributed by atoms with Gasteiger partial charge in [-0.05, 0) is 13.0 Å². The molecule has 0 fully saturated rings. The first-order valence-corrected chi connectivity index (χ1v) is 4.15. The topological polar surface area (TPSA) is 49.7 Å². The van der Waals surface area contributed by atoms with Crippen LogP contribution >= 0.6 is 0 Å². The molecule has 2 N–H and O–H groups in total. The first-order valence-electron chi connectivity index (χ1n) is 4.15. The van der Waals surface area contributed by atoms with E-state index in [-0.39, 0.29) is 11.9 Å². The van der Waals surface area contributed by atoms with Crippen LogP contribution in [0.2, 0.25) is 0 Å². The molecule has 0 bridgehead atoms. The second-order valence-electron chi connectivity index (χ2n) is 2.94. The maximum Gasteiger partial charge on any atom is 0.121 e. The highest BCUT2D eigenvalue weighted by Gasteiger charge is 2.18. The van der Waals surface area contributed by atoms with Crippen molar-refractivity contribution < 1.29 is 14.9 Å². The lowest BCUT2D eigenvalue weighted by atomic mass is 10.0. The molecule has 0 spiro atoms. The third-order valence-electron chi connectivity index (χ3n) is 2.07. The number of hydrogen-bond acceptors (Lipinski definition) is 3. The predicted molar refractivity (Wildman–Crippen MR) is 49.5 cm³/mol. The molecule has 72 valence electrons. The van der Waals surface area contributed by atoms with Crippen LogP contribution in [0.3, 0.4) is 0 Å². The molecule has 0 saturated carbocycles. The van der Waals surface area contributed by atoms with Crippen molar-refractivity contribution in [2.24, 2.45) is 0 Å². The van der Waals surface area contributed by atoms with Crippen molar-refractivity contribution in [1.29, 1.82) is 0 Å². The van der Waals surface area contributed by atoms with Gasteiger partial charge in [-0.25, -0.2) is 0 Å². The average molecular weight is 182 g/mol. The van der Waals surface area contributed by atoms with E-state index in [2.05, 4.69) is 0 Å². The zero-order valence-corrected chi connectivity index (χ0v) is 7.77. The van der Waals surface area contributed by atoms with Crippen LogP contribution in [0.25, 0.3) is 0 Å². The molecule has 1 aromatic rings. The Morgan fingerprint density at radius 1 is 1.31 bits per heavy atom. The summed E-state index contributed by atoms with van der Waals surface area (Å²) < 4.78 is 4.96. The Hall–Kier alpha value is -1.06. The lowest BCUT2D eigenvalue weighted by molar-refractivity contribution is -0.00248. The molecule has 13 heavy (non-hydrogen) atoms. The van der Waals surface area contributed by atoms with Gasteiger partial charge < -0.3 is 14.9 Å². The van der Waals surface area contributed by atoms with E-state index in [0.29, 0.717) is 5.56 Å². The van der Waals surface area contributed by atoms with Gasteiger partial charge in [-0.1, -0.05) is 18.2 Å². The van der Waals surface area contributed by atoms with Crippen molar-refractivity contribution in [3.63, 3.8) is 0 Å². The minimum atomic E-state index is -0.786. The molecule has 0 aliphatic heterocycles. The van der Waals surface area contributed by atoms with E-state index in [1.807, 2.05) is 0 Å². The second kappa shape index (κ2) is 4.25. The Bertz CT molecular complexity index is 273.